The smallest absolute Gasteiger partial charge is 0.307 e. The molecule has 1 atom stereocenters. The van der Waals surface area contributed by atoms with Crippen molar-refractivity contribution in [1.29, 1.82) is 0 Å². The number of benzene rings is 1. The van der Waals surface area contributed by atoms with Gasteiger partial charge >= 0.3 is 11.7 Å². The van der Waals surface area contributed by atoms with Crippen LogP contribution in [0.3, 0.4) is 0 Å². The molecule has 0 radical (unpaired) electrons. The van der Waals surface area contributed by atoms with Crippen molar-refractivity contribution < 1.29 is 23.6 Å². The van der Waals surface area contributed by atoms with Gasteiger partial charge in [-0.2, -0.15) is 16.2 Å². The van der Waals surface area contributed by atoms with E-state index in [0.29, 0.717) is 5.75 Å². The number of hydrogen-bond acceptors (Lipinski definition) is 6. The molecule has 23 heavy (non-hydrogen) atoms. The number of ether oxygens (including phenoxy) is 1. The monoisotopic (exact) mass is 344 g/mol. The third kappa shape index (κ3) is 6.23. The van der Waals surface area contributed by atoms with Crippen LogP contribution in [0, 0.1) is 15.9 Å². The van der Waals surface area contributed by atoms with Gasteiger partial charge in [0.1, 0.15) is 0 Å². The second kappa shape index (κ2) is 9.09. The van der Waals surface area contributed by atoms with E-state index in [9.17, 15) is 24.1 Å². The normalized spacial score (nSPS) is 11.6. The highest BCUT2D eigenvalue weighted by atomic mass is 32.2. The lowest BCUT2D eigenvalue weighted by atomic mass is 10.2. The maximum absolute atomic E-state index is 13.2. The molecule has 0 bridgehead atoms. The number of nitro groups is 1. The molecule has 0 saturated heterocycles. The van der Waals surface area contributed by atoms with E-state index in [1.54, 1.807) is 11.8 Å². The van der Waals surface area contributed by atoms with Crippen LogP contribution in [0.2, 0.25) is 0 Å². The number of anilines is 1. The van der Waals surface area contributed by atoms with Gasteiger partial charge in [0.05, 0.1) is 11.3 Å². The van der Waals surface area contributed by atoms with Crippen LogP contribution in [-0.4, -0.2) is 34.4 Å². The molecule has 0 unspecified atom stereocenters. The number of hydrogen-bond donors (Lipinski definition) is 1. The van der Waals surface area contributed by atoms with E-state index >= 15 is 0 Å². The SMILES string of the molecule is CCSCCC(=O)O[C@H](C)C(=O)Nc1ccc(F)c([N+](=O)[O-])c1. The summed E-state index contributed by atoms with van der Waals surface area (Å²) in [7, 11) is 0. The van der Waals surface area contributed by atoms with Crippen molar-refractivity contribution >= 4 is 35.0 Å². The lowest BCUT2D eigenvalue weighted by molar-refractivity contribution is -0.387. The van der Waals surface area contributed by atoms with E-state index in [4.69, 9.17) is 4.74 Å². The summed E-state index contributed by atoms with van der Waals surface area (Å²) in [5, 5.41) is 13.0. The van der Waals surface area contributed by atoms with Gasteiger partial charge < -0.3 is 10.1 Å². The highest BCUT2D eigenvalue weighted by Gasteiger charge is 2.20. The summed E-state index contributed by atoms with van der Waals surface area (Å²) in [6.45, 7) is 3.35. The minimum Gasteiger partial charge on any atom is -0.453 e. The van der Waals surface area contributed by atoms with Crippen molar-refractivity contribution in [2.24, 2.45) is 0 Å². The zero-order valence-corrected chi connectivity index (χ0v) is 13.5. The molecule has 1 rings (SSSR count). The Morgan fingerprint density at radius 2 is 2.17 bits per heavy atom. The van der Waals surface area contributed by atoms with Crippen LogP contribution in [-0.2, 0) is 14.3 Å². The van der Waals surface area contributed by atoms with Crippen LogP contribution in [0.5, 0.6) is 0 Å². The third-order valence-corrected chi connectivity index (χ3v) is 3.64. The average Bonchev–Trinajstić information content (AvgIpc) is 2.49. The van der Waals surface area contributed by atoms with Gasteiger partial charge in [-0.1, -0.05) is 6.92 Å². The first kappa shape index (κ1) is 18.9. The van der Waals surface area contributed by atoms with Crippen LogP contribution in [0.15, 0.2) is 18.2 Å². The molecule has 7 nitrogen and oxygen atoms in total. The minimum absolute atomic E-state index is 0.0486. The molecule has 1 aromatic carbocycles. The van der Waals surface area contributed by atoms with Gasteiger partial charge in [-0.05, 0) is 24.8 Å². The van der Waals surface area contributed by atoms with Gasteiger partial charge in [-0.3, -0.25) is 19.7 Å². The maximum atomic E-state index is 13.2. The number of carbonyl (C=O) groups excluding carboxylic acids is 2. The quantitative estimate of drug-likeness (QED) is 0.337. The summed E-state index contributed by atoms with van der Waals surface area (Å²) >= 11 is 1.58. The Bertz CT molecular complexity index is 597. The third-order valence-electron chi connectivity index (χ3n) is 2.74. The van der Waals surface area contributed by atoms with Gasteiger partial charge in [-0.15, -0.1) is 0 Å². The summed E-state index contributed by atoms with van der Waals surface area (Å²) in [4.78, 5) is 33.2. The van der Waals surface area contributed by atoms with Crippen molar-refractivity contribution in [2.45, 2.75) is 26.4 Å². The number of amides is 1. The van der Waals surface area contributed by atoms with Gasteiger partial charge in [0, 0.05) is 17.5 Å². The molecule has 0 fully saturated rings. The van der Waals surface area contributed by atoms with Gasteiger partial charge in [0.2, 0.25) is 5.82 Å². The molecule has 1 aromatic rings. The minimum atomic E-state index is -1.06. The fourth-order valence-corrected chi connectivity index (χ4v) is 2.18. The first-order valence-electron chi connectivity index (χ1n) is 6.87. The molecule has 126 valence electrons. The Morgan fingerprint density at radius 3 is 2.78 bits per heavy atom. The Hall–Kier alpha value is -2.16. The first-order chi connectivity index (χ1) is 10.8. The standard InChI is InChI=1S/C14H17FN2O5S/c1-3-23-7-6-13(18)22-9(2)14(19)16-10-4-5-11(15)12(8-10)17(20)21/h4-5,8-9H,3,6-7H2,1-2H3,(H,16,19)/t9-/m1/s1. The topological polar surface area (TPSA) is 98.5 Å². The van der Waals surface area contributed by atoms with E-state index < -0.39 is 34.4 Å². The van der Waals surface area contributed by atoms with Crippen LogP contribution >= 0.6 is 11.8 Å². The Balaban J connectivity index is 2.60. The van der Waals surface area contributed by atoms with E-state index in [1.165, 1.54) is 13.0 Å². The van der Waals surface area contributed by atoms with E-state index in [1.807, 2.05) is 6.92 Å². The predicted molar refractivity (Wildman–Crippen MR) is 84.9 cm³/mol. The lowest BCUT2D eigenvalue weighted by Crippen LogP contribution is -2.30. The molecule has 1 amide bonds. The largest absolute Gasteiger partial charge is 0.453 e. The number of halogens is 1. The molecule has 0 aromatic heterocycles. The van der Waals surface area contributed by atoms with Crippen LogP contribution in [0.4, 0.5) is 15.8 Å². The number of rotatable bonds is 8. The Labute approximate surface area is 136 Å². The summed E-state index contributed by atoms with van der Waals surface area (Å²) in [5.74, 6) is -0.664. The molecule has 0 aliphatic rings. The first-order valence-corrected chi connectivity index (χ1v) is 8.02. The van der Waals surface area contributed by atoms with Crippen molar-refractivity contribution in [1.82, 2.24) is 0 Å². The molecular formula is C14H17FN2O5S. The number of thioether (sulfide) groups is 1. The van der Waals surface area contributed by atoms with E-state index in [0.717, 1.165) is 17.9 Å². The summed E-state index contributed by atoms with van der Waals surface area (Å²) in [6.07, 6.45) is -0.865. The van der Waals surface area contributed by atoms with Gasteiger partial charge in [-0.25, -0.2) is 0 Å². The maximum Gasteiger partial charge on any atom is 0.307 e. The predicted octanol–water partition coefficient (Wildman–Crippen LogP) is 2.75. The molecular weight excluding hydrogens is 327 g/mol. The van der Waals surface area contributed by atoms with Crippen molar-refractivity contribution in [2.75, 3.05) is 16.8 Å². The highest BCUT2D eigenvalue weighted by molar-refractivity contribution is 7.99. The van der Waals surface area contributed by atoms with Crippen LogP contribution in [0.1, 0.15) is 20.3 Å². The molecule has 1 N–H and O–H groups in total. The van der Waals surface area contributed by atoms with E-state index in [-0.39, 0.29) is 12.1 Å². The summed E-state index contributed by atoms with van der Waals surface area (Å²) in [5.41, 5.74) is -0.698. The highest BCUT2D eigenvalue weighted by Crippen LogP contribution is 2.21. The molecule has 0 aliphatic heterocycles. The number of nitrogens with one attached hydrogen (secondary N) is 1. The molecule has 0 heterocycles. The van der Waals surface area contributed by atoms with Crippen LogP contribution in [0.25, 0.3) is 0 Å². The number of carbonyl (C=O) groups is 2. The molecule has 0 saturated carbocycles. The summed E-state index contributed by atoms with van der Waals surface area (Å²) < 4.78 is 18.2. The fraction of sp³-hybridized carbons (Fsp3) is 0.429. The van der Waals surface area contributed by atoms with Crippen molar-refractivity contribution in [3.63, 3.8) is 0 Å². The second-order valence-electron chi connectivity index (χ2n) is 4.49. The van der Waals surface area contributed by atoms with Gasteiger partial charge in [0.25, 0.3) is 5.91 Å². The summed E-state index contributed by atoms with van der Waals surface area (Å²) in [6, 6.07) is 2.97. The number of nitrogens with zero attached hydrogens (tertiary/aromatic N) is 1. The fourth-order valence-electron chi connectivity index (χ4n) is 1.58. The van der Waals surface area contributed by atoms with E-state index in [2.05, 4.69) is 5.32 Å². The molecule has 0 aliphatic carbocycles. The van der Waals surface area contributed by atoms with Crippen LogP contribution < -0.4 is 5.32 Å². The second-order valence-corrected chi connectivity index (χ2v) is 5.89. The lowest BCUT2D eigenvalue weighted by Gasteiger charge is -2.13. The number of esters is 1. The van der Waals surface area contributed by atoms with Crippen molar-refractivity contribution in [3.8, 4) is 0 Å². The zero-order chi connectivity index (χ0) is 17.4. The van der Waals surface area contributed by atoms with Gasteiger partial charge in [0.15, 0.2) is 6.10 Å². The molecule has 0 spiro atoms. The number of nitro benzene ring substituents is 1. The Kier molecular flexibility index (Phi) is 7.46. The van der Waals surface area contributed by atoms with Crippen molar-refractivity contribution in [3.05, 3.63) is 34.1 Å². The molecule has 9 heteroatoms. The average molecular weight is 344 g/mol. The zero-order valence-electron chi connectivity index (χ0n) is 12.7. The Morgan fingerprint density at radius 1 is 1.48 bits per heavy atom.